The van der Waals surface area contributed by atoms with Gasteiger partial charge in [-0.3, -0.25) is 0 Å². The second-order valence-electron chi connectivity index (χ2n) is 3.36. The van der Waals surface area contributed by atoms with Crippen molar-refractivity contribution in [3.8, 4) is 0 Å². The van der Waals surface area contributed by atoms with Crippen molar-refractivity contribution in [1.82, 2.24) is 0 Å². The van der Waals surface area contributed by atoms with Crippen molar-refractivity contribution in [1.29, 1.82) is 0 Å². The van der Waals surface area contributed by atoms with Gasteiger partial charge in [-0.1, -0.05) is 38.6 Å². The molecule has 0 unspecified atom stereocenters. The Morgan fingerprint density at radius 2 is 2.08 bits per heavy atom. The van der Waals surface area contributed by atoms with Gasteiger partial charge in [0.15, 0.2) is 0 Å². The quantitative estimate of drug-likeness (QED) is 0.647. The Labute approximate surface area is 85.1 Å². The van der Waals surface area contributed by atoms with Gasteiger partial charge in [-0.05, 0) is 29.4 Å². The van der Waals surface area contributed by atoms with Crippen LogP contribution in [-0.2, 0) is 0 Å². The minimum absolute atomic E-state index is 0.592. The molecule has 0 aromatic heterocycles. The molecule has 0 heterocycles. The van der Waals surface area contributed by atoms with E-state index in [0.29, 0.717) is 5.92 Å². The third kappa shape index (κ3) is 2.38. The minimum Gasteiger partial charge on any atom is -0.129 e. The van der Waals surface area contributed by atoms with Crippen LogP contribution in [0.5, 0.6) is 0 Å². The van der Waals surface area contributed by atoms with Crippen LogP contribution in [0.2, 0.25) is 0 Å². The molecular formula is C12H16S. The monoisotopic (exact) mass is 192 g/mol. The van der Waals surface area contributed by atoms with Gasteiger partial charge in [0, 0.05) is 4.90 Å². The molecule has 70 valence electrons. The first-order valence-electron chi connectivity index (χ1n) is 4.49. The molecule has 0 saturated carbocycles. The third-order valence-corrected chi connectivity index (χ3v) is 2.95. The van der Waals surface area contributed by atoms with Gasteiger partial charge < -0.3 is 0 Å². The molecule has 0 saturated heterocycles. The molecule has 0 radical (unpaired) electrons. The van der Waals surface area contributed by atoms with E-state index in [2.05, 4.69) is 44.9 Å². The van der Waals surface area contributed by atoms with E-state index in [1.165, 1.54) is 16.0 Å². The van der Waals surface area contributed by atoms with E-state index >= 15 is 0 Å². The normalized spacial score (nSPS) is 10.5. The zero-order valence-corrected chi connectivity index (χ0v) is 9.32. The van der Waals surface area contributed by atoms with Crippen LogP contribution >= 0.6 is 11.8 Å². The maximum atomic E-state index is 3.83. The Hall–Kier alpha value is -0.690. The molecule has 0 nitrogen and oxygen atoms in total. The Morgan fingerprint density at radius 3 is 2.54 bits per heavy atom. The number of hydrogen-bond acceptors (Lipinski definition) is 1. The number of hydrogen-bond donors (Lipinski definition) is 0. The largest absolute Gasteiger partial charge is 0.129 e. The van der Waals surface area contributed by atoms with Crippen LogP contribution in [-0.4, -0.2) is 6.26 Å². The van der Waals surface area contributed by atoms with E-state index in [0.717, 1.165) is 0 Å². The molecule has 13 heavy (non-hydrogen) atoms. The van der Waals surface area contributed by atoms with Crippen molar-refractivity contribution in [3.63, 3.8) is 0 Å². The average molecular weight is 192 g/mol. The molecule has 0 atom stereocenters. The molecule has 1 aromatic carbocycles. The Bertz CT molecular complexity index is 300. The molecule has 0 bridgehead atoms. The van der Waals surface area contributed by atoms with Gasteiger partial charge in [-0.25, -0.2) is 0 Å². The molecular weight excluding hydrogens is 176 g/mol. The Kier molecular flexibility index (Phi) is 3.61. The summed E-state index contributed by atoms with van der Waals surface area (Å²) in [6, 6.07) is 6.60. The molecule has 1 rings (SSSR count). The molecule has 1 aromatic rings. The second-order valence-corrected chi connectivity index (χ2v) is 4.21. The summed E-state index contributed by atoms with van der Waals surface area (Å²) in [5.74, 6) is 0.592. The summed E-state index contributed by atoms with van der Waals surface area (Å²) in [6.45, 7) is 8.25. The number of benzene rings is 1. The van der Waals surface area contributed by atoms with Gasteiger partial charge in [0.05, 0.1) is 0 Å². The first kappa shape index (κ1) is 10.4. The lowest BCUT2D eigenvalue weighted by molar-refractivity contribution is 0.864. The topological polar surface area (TPSA) is 0 Å². The van der Waals surface area contributed by atoms with E-state index in [1.54, 1.807) is 11.8 Å². The molecule has 0 aliphatic carbocycles. The fourth-order valence-corrected chi connectivity index (χ4v) is 1.85. The highest BCUT2D eigenvalue weighted by atomic mass is 32.2. The van der Waals surface area contributed by atoms with Gasteiger partial charge in [0.25, 0.3) is 0 Å². The zero-order chi connectivity index (χ0) is 9.84. The van der Waals surface area contributed by atoms with Crippen molar-refractivity contribution in [2.24, 2.45) is 0 Å². The van der Waals surface area contributed by atoms with Crippen molar-refractivity contribution in [3.05, 3.63) is 35.9 Å². The summed E-state index contributed by atoms with van der Waals surface area (Å²) in [5.41, 5.74) is 2.63. The van der Waals surface area contributed by atoms with Crippen molar-refractivity contribution in [2.75, 3.05) is 6.26 Å². The lowest BCUT2D eigenvalue weighted by Crippen LogP contribution is -1.89. The summed E-state index contributed by atoms with van der Waals surface area (Å²) >= 11 is 1.77. The van der Waals surface area contributed by atoms with E-state index in [-0.39, 0.29) is 0 Å². The van der Waals surface area contributed by atoms with Gasteiger partial charge in [0.2, 0.25) is 0 Å². The summed E-state index contributed by atoms with van der Waals surface area (Å²) in [7, 11) is 0. The molecule has 1 heteroatoms. The molecule has 0 spiro atoms. The van der Waals surface area contributed by atoms with E-state index in [9.17, 15) is 0 Å². The van der Waals surface area contributed by atoms with Gasteiger partial charge in [0.1, 0.15) is 0 Å². The smallest absolute Gasteiger partial charge is 0.0142 e. The lowest BCUT2D eigenvalue weighted by atomic mass is 10.0. The fraction of sp³-hybridized carbons (Fsp3) is 0.333. The Morgan fingerprint density at radius 1 is 1.38 bits per heavy atom. The summed E-state index contributed by atoms with van der Waals surface area (Å²) < 4.78 is 0. The average Bonchev–Trinajstić information content (AvgIpc) is 2.16. The van der Waals surface area contributed by atoms with Crippen LogP contribution in [0.25, 0.3) is 6.08 Å². The van der Waals surface area contributed by atoms with Crippen molar-refractivity contribution < 1.29 is 0 Å². The zero-order valence-electron chi connectivity index (χ0n) is 8.50. The highest BCUT2D eigenvalue weighted by Gasteiger charge is 2.02. The van der Waals surface area contributed by atoms with Crippen LogP contribution in [0.15, 0.2) is 29.7 Å². The Balaban J connectivity index is 3.13. The number of rotatable bonds is 3. The van der Waals surface area contributed by atoms with Crippen molar-refractivity contribution in [2.45, 2.75) is 24.7 Å². The maximum Gasteiger partial charge on any atom is 0.0142 e. The predicted molar refractivity (Wildman–Crippen MR) is 62.4 cm³/mol. The van der Waals surface area contributed by atoms with Gasteiger partial charge in [-0.15, -0.1) is 11.8 Å². The molecule has 0 N–H and O–H groups in total. The van der Waals surface area contributed by atoms with E-state index in [1.807, 2.05) is 6.08 Å². The second kappa shape index (κ2) is 4.52. The SMILES string of the molecule is C=Cc1cc(C(C)C)ccc1SC. The van der Waals surface area contributed by atoms with Gasteiger partial charge in [-0.2, -0.15) is 0 Å². The summed E-state index contributed by atoms with van der Waals surface area (Å²) in [6.07, 6.45) is 4.02. The minimum atomic E-state index is 0.592. The van der Waals surface area contributed by atoms with Gasteiger partial charge >= 0.3 is 0 Å². The molecule has 0 amide bonds. The first-order valence-corrected chi connectivity index (χ1v) is 5.72. The highest BCUT2D eigenvalue weighted by Crippen LogP contribution is 2.25. The first-order chi connectivity index (χ1) is 6.19. The number of thioether (sulfide) groups is 1. The maximum absolute atomic E-state index is 3.83. The van der Waals surface area contributed by atoms with Crippen LogP contribution in [0.4, 0.5) is 0 Å². The molecule has 0 aliphatic rings. The lowest BCUT2D eigenvalue weighted by Gasteiger charge is -2.09. The third-order valence-electron chi connectivity index (χ3n) is 2.14. The van der Waals surface area contributed by atoms with Crippen molar-refractivity contribution >= 4 is 17.8 Å². The summed E-state index contributed by atoms with van der Waals surface area (Å²) in [5, 5.41) is 0. The van der Waals surface area contributed by atoms with Crippen LogP contribution in [0.1, 0.15) is 30.9 Å². The van der Waals surface area contributed by atoms with Crippen LogP contribution in [0.3, 0.4) is 0 Å². The highest BCUT2D eigenvalue weighted by molar-refractivity contribution is 7.98. The fourth-order valence-electron chi connectivity index (χ4n) is 1.27. The summed E-state index contributed by atoms with van der Waals surface area (Å²) in [4.78, 5) is 1.31. The van der Waals surface area contributed by atoms with Crippen LogP contribution < -0.4 is 0 Å². The van der Waals surface area contributed by atoms with E-state index < -0.39 is 0 Å². The molecule has 0 aliphatic heterocycles. The molecule has 0 fully saturated rings. The standard InChI is InChI=1S/C12H16S/c1-5-10-8-11(9(2)3)6-7-12(10)13-4/h5-9H,1H2,2-4H3. The predicted octanol–water partition coefficient (Wildman–Crippen LogP) is 4.17. The van der Waals surface area contributed by atoms with E-state index in [4.69, 9.17) is 0 Å². The van der Waals surface area contributed by atoms with Crippen LogP contribution in [0, 0.1) is 0 Å².